The van der Waals surface area contributed by atoms with E-state index in [4.69, 9.17) is 0 Å². The van der Waals surface area contributed by atoms with Crippen LogP contribution >= 0.6 is 0 Å². The largest absolute Gasteiger partial charge is 0.326 e. The Labute approximate surface area is 112 Å². The van der Waals surface area contributed by atoms with Gasteiger partial charge in [0, 0.05) is 23.8 Å². The molecule has 0 bridgehead atoms. The zero-order chi connectivity index (χ0) is 13.1. The molecule has 19 heavy (non-hydrogen) atoms. The molecule has 0 aliphatic carbocycles. The van der Waals surface area contributed by atoms with Crippen molar-refractivity contribution in [1.29, 1.82) is 0 Å². The molecule has 4 nitrogen and oxygen atoms in total. The molecule has 2 aromatic rings. The minimum Gasteiger partial charge on any atom is -0.326 e. The average molecular weight is 255 g/mol. The summed E-state index contributed by atoms with van der Waals surface area (Å²) in [6.45, 7) is 1.80. The molecule has 1 aliphatic rings. The predicted octanol–water partition coefficient (Wildman–Crippen LogP) is 2.17. The molecule has 3 rings (SSSR count). The van der Waals surface area contributed by atoms with Crippen molar-refractivity contribution < 1.29 is 4.79 Å². The smallest absolute Gasteiger partial charge is 0.228 e. The highest BCUT2D eigenvalue weighted by atomic mass is 16.1. The molecular weight excluding hydrogens is 238 g/mol. The Hall–Kier alpha value is -1.94. The van der Waals surface area contributed by atoms with Gasteiger partial charge >= 0.3 is 0 Å². The van der Waals surface area contributed by atoms with E-state index in [1.54, 1.807) is 6.20 Å². The van der Waals surface area contributed by atoms with E-state index >= 15 is 0 Å². The fourth-order valence-electron chi connectivity index (χ4n) is 2.47. The van der Waals surface area contributed by atoms with Gasteiger partial charge in [-0.05, 0) is 43.7 Å². The van der Waals surface area contributed by atoms with Crippen LogP contribution in [0, 0.1) is 5.92 Å². The molecule has 2 N–H and O–H groups in total. The second kappa shape index (κ2) is 5.36. The van der Waals surface area contributed by atoms with Gasteiger partial charge < -0.3 is 10.6 Å². The molecule has 1 aromatic carbocycles. The van der Waals surface area contributed by atoms with Crippen molar-refractivity contribution in [2.24, 2.45) is 5.92 Å². The number of benzene rings is 1. The molecule has 1 aliphatic heterocycles. The van der Waals surface area contributed by atoms with E-state index < -0.39 is 0 Å². The maximum absolute atomic E-state index is 12.1. The van der Waals surface area contributed by atoms with E-state index in [2.05, 4.69) is 15.6 Å². The van der Waals surface area contributed by atoms with Gasteiger partial charge in [0.1, 0.15) is 0 Å². The summed E-state index contributed by atoms with van der Waals surface area (Å²) in [7, 11) is 0. The first kappa shape index (κ1) is 12.1. The highest BCUT2D eigenvalue weighted by Gasteiger charge is 2.20. The third-order valence-corrected chi connectivity index (χ3v) is 3.54. The van der Waals surface area contributed by atoms with E-state index in [0.29, 0.717) is 0 Å². The van der Waals surface area contributed by atoms with Gasteiger partial charge in [-0.1, -0.05) is 6.07 Å². The number of carbonyl (C=O) groups excluding carboxylic acids is 1. The Balaban J connectivity index is 1.75. The van der Waals surface area contributed by atoms with Crippen LogP contribution in [-0.2, 0) is 4.79 Å². The Morgan fingerprint density at radius 1 is 1.37 bits per heavy atom. The van der Waals surface area contributed by atoms with Crippen LogP contribution in [0.4, 0.5) is 5.69 Å². The topological polar surface area (TPSA) is 54.0 Å². The van der Waals surface area contributed by atoms with Gasteiger partial charge in [-0.25, -0.2) is 0 Å². The van der Waals surface area contributed by atoms with Crippen molar-refractivity contribution in [3.63, 3.8) is 0 Å². The number of nitrogens with zero attached hydrogens (tertiary/aromatic N) is 1. The molecule has 1 aromatic heterocycles. The number of pyridine rings is 1. The molecule has 1 unspecified atom stereocenters. The maximum atomic E-state index is 12.1. The van der Waals surface area contributed by atoms with E-state index in [-0.39, 0.29) is 11.8 Å². The number of piperidine rings is 1. The molecule has 98 valence electrons. The minimum atomic E-state index is 0.0818. The first-order valence-electron chi connectivity index (χ1n) is 6.69. The third kappa shape index (κ3) is 2.74. The lowest BCUT2D eigenvalue weighted by Gasteiger charge is -2.21. The van der Waals surface area contributed by atoms with Gasteiger partial charge in [0.05, 0.1) is 11.4 Å². The molecule has 2 heterocycles. The number of fused-ring (bicyclic) bond motifs is 1. The van der Waals surface area contributed by atoms with Crippen molar-refractivity contribution in [2.75, 3.05) is 18.4 Å². The molecular formula is C15H17N3O. The van der Waals surface area contributed by atoms with Crippen molar-refractivity contribution in [3.05, 3.63) is 36.5 Å². The number of hydrogen-bond acceptors (Lipinski definition) is 3. The lowest BCUT2D eigenvalue weighted by atomic mass is 9.99. The third-order valence-electron chi connectivity index (χ3n) is 3.54. The van der Waals surface area contributed by atoms with Gasteiger partial charge in [-0.15, -0.1) is 0 Å². The first-order valence-corrected chi connectivity index (χ1v) is 6.69. The minimum absolute atomic E-state index is 0.0818. The second-order valence-electron chi connectivity index (χ2n) is 4.94. The monoisotopic (exact) mass is 255 g/mol. The lowest BCUT2D eigenvalue weighted by molar-refractivity contribution is -0.120. The van der Waals surface area contributed by atoms with Crippen LogP contribution in [0.2, 0.25) is 0 Å². The summed E-state index contributed by atoms with van der Waals surface area (Å²) in [6.07, 6.45) is 3.81. The fourth-order valence-corrected chi connectivity index (χ4v) is 2.47. The summed E-state index contributed by atoms with van der Waals surface area (Å²) >= 11 is 0. The van der Waals surface area contributed by atoms with Gasteiger partial charge in [-0.2, -0.15) is 0 Å². The Kier molecular flexibility index (Phi) is 3.42. The van der Waals surface area contributed by atoms with E-state index in [9.17, 15) is 4.79 Å². The van der Waals surface area contributed by atoms with Gasteiger partial charge in [0.25, 0.3) is 0 Å². The zero-order valence-corrected chi connectivity index (χ0v) is 10.7. The molecule has 1 fully saturated rings. The van der Waals surface area contributed by atoms with Crippen molar-refractivity contribution >= 4 is 22.5 Å². The Morgan fingerprint density at radius 3 is 3.16 bits per heavy atom. The number of carbonyl (C=O) groups is 1. The molecule has 0 saturated carbocycles. The summed E-state index contributed by atoms with van der Waals surface area (Å²) in [5.41, 5.74) is 1.79. The molecule has 4 heteroatoms. The highest BCUT2D eigenvalue weighted by molar-refractivity contribution is 5.95. The summed E-state index contributed by atoms with van der Waals surface area (Å²) < 4.78 is 0. The van der Waals surface area contributed by atoms with Crippen molar-refractivity contribution in [2.45, 2.75) is 12.8 Å². The highest BCUT2D eigenvalue weighted by Crippen LogP contribution is 2.19. The molecule has 1 atom stereocenters. The Bertz CT molecular complexity index is 591. The number of anilines is 1. The van der Waals surface area contributed by atoms with Gasteiger partial charge in [0.15, 0.2) is 0 Å². The van der Waals surface area contributed by atoms with Crippen molar-refractivity contribution in [3.8, 4) is 0 Å². The quantitative estimate of drug-likeness (QED) is 0.864. The van der Waals surface area contributed by atoms with E-state index in [0.717, 1.165) is 42.5 Å². The van der Waals surface area contributed by atoms with E-state index in [1.165, 1.54) is 0 Å². The summed E-state index contributed by atoms with van der Waals surface area (Å²) in [5.74, 6) is 0.189. The number of nitrogens with one attached hydrogen (secondary N) is 2. The SMILES string of the molecule is O=C(Nc1ccc2ncccc2c1)C1CCCNC1. The fraction of sp³-hybridized carbons (Fsp3) is 0.333. The van der Waals surface area contributed by atoms with Crippen LogP contribution in [0.3, 0.4) is 0 Å². The normalized spacial score (nSPS) is 19.3. The van der Waals surface area contributed by atoms with Crippen LogP contribution in [0.15, 0.2) is 36.5 Å². The van der Waals surface area contributed by atoms with Crippen molar-refractivity contribution in [1.82, 2.24) is 10.3 Å². The molecule has 0 spiro atoms. The summed E-state index contributed by atoms with van der Waals surface area (Å²) in [5, 5.41) is 7.30. The Morgan fingerprint density at radius 2 is 2.32 bits per heavy atom. The van der Waals surface area contributed by atoms with Crippen LogP contribution < -0.4 is 10.6 Å². The molecule has 1 amide bonds. The molecule has 1 saturated heterocycles. The summed E-state index contributed by atoms with van der Waals surface area (Å²) in [4.78, 5) is 16.4. The first-order chi connectivity index (χ1) is 9.33. The van der Waals surface area contributed by atoms with Gasteiger partial charge in [0.2, 0.25) is 5.91 Å². The average Bonchev–Trinajstić information content (AvgIpc) is 2.48. The standard InChI is InChI=1S/C15H17N3O/c19-15(12-4-1-7-16-10-12)18-13-5-6-14-11(9-13)3-2-8-17-14/h2-3,5-6,8-9,12,16H,1,4,7,10H2,(H,18,19). The van der Waals surface area contributed by atoms with Gasteiger partial charge in [-0.3, -0.25) is 9.78 Å². The second-order valence-corrected chi connectivity index (χ2v) is 4.94. The number of rotatable bonds is 2. The number of aromatic nitrogens is 1. The van der Waals surface area contributed by atoms with E-state index in [1.807, 2.05) is 30.3 Å². The predicted molar refractivity (Wildman–Crippen MR) is 76.0 cm³/mol. The maximum Gasteiger partial charge on any atom is 0.228 e. The summed E-state index contributed by atoms with van der Waals surface area (Å²) in [6, 6.07) is 9.71. The zero-order valence-electron chi connectivity index (χ0n) is 10.7. The van der Waals surface area contributed by atoms with Crippen LogP contribution in [0.25, 0.3) is 10.9 Å². The number of hydrogen-bond donors (Lipinski definition) is 2. The number of amides is 1. The van der Waals surface area contributed by atoms with Crippen LogP contribution in [0.5, 0.6) is 0 Å². The molecule has 0 radical (unpaired) electrons. The van der Waals surface area contributed by atoms with Crippen LogP contribution in [-0.4, -0.2) is 24.0 Å². The van der Waals surface area contributed by atoms with Crippen LogP contribution in [0.1, 0.15) is 12.8 Å². The lowest BCUT2D eigenvalue weighted by Crippen LogP contribution is -2.37.